The topological polar surface area (TPSA) is 89.3 Å². The minimum absolute atomic E-state index is 0.167. The van der Waals surface area contributed by atoms with Crippen LogP contribution in [-0.2, 0) is 15.0 Å². The van der Waals surface area contributed by atoms with Crippen molar-refractivity contribution in [2.45, 2.75) is 32.6 Å². The van der Waals surface area contributed by atoms with Crippen LogP contribution in [0.2, 0.25) is 5.02 Å². The van der Waals surface area contributed by atoms with Crippen molar-refractivity contribution in [1.82, 2.24) is 5.16 Å². The molecule has 1 N–H and O–H groups in total. The van der Waals surface area contributed by atoms with Crippen LogP contribution < -0.4 is 10.9 Å². The van der Waals surface area contributed by atoms with E-state index in [1.54, 1.807) is 26.8 Å². The Labute approximate surface area is 170 Å². The lowest BCUT2D eigenvalue weighted by atomic mass is 9.80. The van der Waals surface area contributed by atoms with Crippen molar-refractivity contribution >= 4 is 39.8 Å². The second-order valence-corrected chi connectivity index (χ2v) is 7.79. The average molecular weight is 417 g/mol. The zero-order chi connectivity index (χ0) is 21.3. The van der Waals surface area contributed by atoms with E-state index >= 15 is 0 Å². The van der Waals surface area contributed by atoms with Gasteiger partial charge in [-0.05, 0) is 54.3 Å². The lowest BCUT2D eigenvalue weighted by Crippen LogP contribution is -2.30. The van der Waals surface area contributed by atoms with Crippen LogP contribution in [0.4, 0.5) is 10.1 Å². The van der Waals surface area contributed by atoms with Crippen molar-refractivity contribution in [2.75, 3.05) is 5.32 Å². The fourth-order valence-corrected chi connectivity index (χ4v) is 3.47. The predicted molar refractivity (Wildman–Crippen MR) is 108 cm³/mol. The molecule has 0 aliphatic carbocycles. The number of anilines is 1. The zero-order valence-corrected chi connectivity index (χ0v) is 16.8. The van der Waals surface area contributed by atoms with Gasteiger partial charge in [-0.1, -0.05) is 30.6 Å². The van der Waals surface area contributed by atoms with Crippen LogP contribution in [0.25, 0.3) is 10.8 Å². The molecule has 3 rings (SSSR count). The lowest BCUT2D eigenvalue weighted by molar-refractivity contribution is -0.135. The Morgan fingerprint density at radius 1 is 1.17 bits per heavy atom. The lowest BCUT2D eigenvalue weighted by Gasteiger charge is -2.25. The number of aromatic nitrogens is 1. The molecule has 0 atom stereocenters. The fourth-order valence-electron chi connectivity index (χ4n) is 3.10. The van der Waals surface area contributed by atoms with Gasteiger partial charge in [-0.3, -0.25) is 9.59 Å². The molecule has 0 fully saturated rings. The summed E-state index contributed by atoms with van der Waals surface area (Å²) >= 11 is 6.14. The molecule has 8 heteroatoms. The Morgan fingerprint density at radius 3 is 2.62 bits per heavy atom. The van der Waals surface area contributed by atoms with Crippen molar-refractivity contribution < 1.29 is 18.5 Å². The number of carbonyl (C=O) groups is 2. The van der Waals surface area contributed by atoms with Crippen LogP contribution in [-0.4, -0.2) is 16.8 Å². The second kappa shape index (κ2) is 7.75. The minimum Gasteiger partial charge on any atom is -0.319 e. The Hall–Kier alpha value is -3.06. The normalized spacial score (nSPS) is 11.5. The van der Waals surface area contributed by atoms with Crippen LogP contribution in [0.5, 0.6) is 0 Å². The summed E-state index contributed by atoms with van der Waals surface area (Å²) in [4.78, 5) is 36.6. The number of amides is 1. The predicted octanol–water partition coefficient (Wildman–Crippen LogP) is 4.16. The van der Waals surface area contributed by atoms with E-state index in [-0.39, 0.29) is 6.42 Å². The van der Waals surface area contributed by atoms with Gasteiger partial charge in [-0.15, -0.1) is 0 Å². The van der Waals surface area contributed by atoms with Gasteiger partial charge >= 0.3 is 5.63 Å². The second-order valence-electron chi connectivity index (χ2n) is 7.38. The highest BCUT2D eigenvalue weighted by Crippen LogP contribution is 2.33. The number of hydrogen-bond donors (Lipinski definition) is 1. The highest BCUT2D eigenvalue weighted by atomic mass is 35.5. The van der Waals surface area contributed by atoms with Crippen LogP contribution in [0.1, 0.15) is 31.5 Å². The Balaban J connectivity index is 1.79. The standard InChI is InChI=1S/C21H18ClFN2O4/c1-11-15-9-13(5-6-14(15)20(28)29-25-11)24-19(27)18(26)10-21(2,3)16-8-12(23)4-7-17(16)22/h4-9H,10H2,1-3H3,(H,24,27). The number of fused-ring (bicyclic) bond motifs is 1. The first-order valence-corrected chi connectivity index (χ1v) is 9.16. The molecule has 1 heterocycles. The van der Waals surface area contributed by atoms with Crippen molar-refractivity contribution in [3.8, 4) is 0 Å². The van der Waals surface area contributed by atoms with E-state index in [9.17, 15) is 18.8 Å². The van der Waals surface area contributed by atoms with Crippen molar-refractivity contribution in [1.29, 1.82) is 0 Å². The zero-order valence-electron chi connectivity index (χ0n) is 16.0. The number of Topliss-reactive ketones (excluding diaryl/α,β-unsaturated/α-hetero) is 1. The van der Waals surface area contributed by atoms with Crippen LogP contribution in [0.3, 0.4) is 0 Å². The van der Waals surface area contributed by atoms with Gasteiger partial charge in [-0.2, -0.15) is 0 Å². The molecule has 0 radical (unpaired) electrons. The molecule has 0 saturated heterocycles. The third-order valence-electron chi connectivity index (χ3n) is 4.67. The summed E-state index contributed by atoms with van der Waals surface area (Å²) in [5, 5.41) is 7.33. The molecule has 0 aliphatic heterocycles. The molecule has 0 bridgehead atoms. The van der Waals surface area contributed by atoms with Gasteiger partial charge in [-0.25, -0.2) is 9.18 Å². The highest BCUT2D eigenvalue weighted by Gasteiger charge is 2.30. The first-order valence-electron chi connectivity index (χ1n) is 8.78. The van der Waals surface area contributed by atoms with Crippen LogP contribution >= 0.6 is 11.6 Å². The third-order valence-corrected chi connectivity index (χ3v) is 5.00. The summed E-state index contributed by atoms with van der Waals surface area (Å²) < 4.78 is 18.3. The summed E-state index contributed by atoms with van der Waals surface area (Å²) in [6.45, 7) is 5.08. The van der Waals surface area contributed by atoms with Gasteiger partial charge in [0.1, 0.15) is 5.82 Å². The maximum Gasteiger partial charge on any atom is 0.366 e. The quantitative estimate of drug-likeness (QED) is 0.630. The summed E-state index contributed by atoms with van der Waals surface area (Å²) in [6.07, 6.45) is -0.167. The Morgan fingerprint density at radius 2 is 1.90 bits per heavy atom. The van der Waals surface area contributed by atoms with E-state index in [1.807, 2.05) is 0 Å². The molecule has 0 spiro atoms. The summed E-state index contributed by atoms with van der Waals surface area (Å²) in [7, 11) is 0. The SMILES string of the molecule is Cc1noc(=O)c2ccc(NC(=O)C(=O)CC(C)(C)c3cc(F)ccc3Cl)cc12. The van der Waals surface area contributed by atoms with Gasteiger partial charge in [0.25, 0.3) is 5.91 Å². The van der Waals surface area contributed by atoms with Crippen molar-refractivity contribution in [3.63, 3.8) is 0 Å². The Kier molecular flexibility index (Phi) is 5.53. The first kappa shape index (κ1) is 20.7. The number of aryl methyl sites for hydroxylation is 1. The number of hydrogen-bond acceptors (Lipinski definition) is 5. The monoisotopic (exact) mass is 416 g/mol. The number of benzene rings is 2. The molecular formula is C21H18ClFN2O4. The number of halogens is 2. The molecule has 0 saturated carbocycles. The third kappa shape index (κ3) is 4.35. The summed E-state index contributed by atoms with van der Waals surface area (Å²) in [5.74, 6) is -1.98. The van der Waals surface area contributed by atoms with Gasteiger partial charge in [0.15, 0.2) is 0 Å². The van der Waals surface area contributed by atoms with E-state index in [2.05, 4.69) is 15.0 Å². The average Bonchev–Trinajstić information content (AvgIpc) is 2.66. The summed E-state index contributed by atoms with van der Waals surface area (Å²) in [5.41, 5.74) is -0.180. The van der Waals surface area contributed by atoms with Crippen molar-refractivity contribution in [2.24, 2.45) is 0 Å². The number of carbonyl (C=O) groups excluding carboxylic acids is 2. The molecule has 150 valence electrons. The molecule has 29 heavy (non-hydrogen) atoms. The summed E-state index contributed by atoms with van der Waals surface area (Å²) in [6, 6.07) is 8.45. The maximum absolute atomic E-state index is 13.6. The van der Waals surface area contributed by atoms with Gasteiger partial charge in [0, 0.05) is 22.5 Å². The molecule has 1 aromatic heterocycles. The van der Waals surface area contributed by atoms with Crippen LogP contribution in [0.15, 0.2) is 45.7 Å². The number of nitrogens with one attached hydrogen (secondary N) is 1. The number of ketones is 1. The van der Waals surface area contributed by atoms with E-state index in [4.69, 9.17) is 11.6 Å². The Bertz CT molecular complexity index is 1190. The molecular weight excluding hydrogens is 399 g/mol. The fraction of sp³-hybridized carbons (Fsp3) is 0.238. The van der Waals surface area contributed by atoms with E-state index < -0.39 is 28.5 Å². The molecule has 1 amide bonds. The molecule has 6 nitrogen and oxygen atoms in total. The molecule has 3 aromatic rings. The van der Waals surface area contributed by atoms with Gasteiger partial charge in [0.05, 0.1) is 11.1 Å². The smallest absolute Gasteiger partial charge is 0.319 e. The van der Waals surface area contributed by atoms with E-state index in [0.29, 0.717) is 32.7 Å². The molecule has 2 aromatic carbocycles. The van der Waals surface area contributed by atoms with Gasteiger partial charge < -0.3 is 9.84 Å². The number of rotatable bonds is 5. The van der Waals surface area contributed by atoms with Crippen molar-refractivity contribution in [3.05, 3.63) is 68.9 Å². The molecule has 0 aliphatic rings. The first-order chi connectivity index (χ1) is 13.6. The minimum atomic E-state index is -0.851. The number of nitrogens with zero attached hydrogens (tertiary/aromatic N) is 1. The molecule has 0 unspecified atom stereocenters. The maximum atomic E-state index is 13.6. The van der Waals surface area contributed by atoms with E-state index in [1.165, 1.54) is 30.3 Å². The van der Waals surface area contributed by atoms with Crippen LogP contribution in [0, 0.1) is 12.7 Å². The van der Waals surface area contributed by atoms with Gasteiger partial charge in [0.2, 0.25) is 5.78 Å². The largest absolute Gasteiger partial charge is 0.366 e. The highest BCUT2D eigenvalue weighted by molar-refractivity contribution is 6.41. The van der Waals surface area contributed by atoms with E-state index in [0.717, 1.165) is 0 Å².